The van der Waals surface area contributed by atoms with E-state index in [-0.39, 0.29) is 64.6 Å². The van der Waals surface area contributed by atoms with E-state index in [9.17, 15) is 29.7 Å². The second kappa shape index (κ2) is 10.9. The van der Waals surface area contributed by atoms with Crippen LogP contribution in [0.3, 0.4) is 0 Å². The van der Waals surface area contributed by atoms with Crippen molar-refractivity contribution in [2.45, 2.75) is 122 Å². The number of aromatic hydroxyl groups is 1. The Morgan fingerprint density at radius 1 is 1.00 bits per heavy atom. The number of aliphatic carboxylic acids is 1. The topological polar surface area (TPSA) is 140 Å². The molecule has 4 bridgehead atoms. The Morgan fingerprint density at radius 3 is 2.32 bits per heavy atom. The van der Waals surface area contributed by atoms with Gasteiger partial charge in [-0.05, 0) is 81.1 Å². The lowest BCUT2D eigenvalue weighted by Gasteiger charge is -2.56. The zero-order valence-corrected chi connectivity index (χ0v) is 28.6. The summed E-state index contributed by atoms with van der Waals surface area (Å²) in [5.41, 5.74) is -1.83. The monoisotopic (exact) mass is 646 g/mol. The number of Topliss-reactive ketones (excluding diaryl/α,β-unsaturated/α-hetero) is 2. The van der Waals surface area contributed by atoms with Gasteiger partial charge < -0.3 is 29.5 Å². The van der Waals surface area contributed by atoms with E-state index in [4.69, 9.17) is 14.2 Å². The molecule has 1 aromatic rings. The van der Waals surface area contributed by atoms with Crippen molar-refractivity contribution in [1.82, 2.24) is 0 Å². The van der Waals surface area contributed by atoms with Crippen molar-refractivity contribution in [3.05, 3.63) is 63.3 Å². The average Bonchev–Trinajstić information content (AvgIpc) is 3.11. The van der Waals surface area contributed by atoms with E-state index < -0.39 is 52.1 Å². The molecule has 1 saturated carbocycles. The number of ether oxygens (including phenoxy) is 3. The summed E-state index contributed by atoms with van der Waals surface area (Å²) in [6.07, 6.45) is 8.28. The molecule has 1 aromatic carbocycles. The molecule has 1 saturated heterocycles. The SMILES string of the molecule is CC(C)=CCC[C@]1(C)C[C@H](O)c2c(O)c3c(c(CC=C(C)C)c2O1)O[C@]12C(=C[C@H]4C[C@@H]1C(C)(C)O[C@]2(C/C=C(\C)C(=O)O)C4=O)C3=O. The van der Waals surface area contributed by atoms with Crippen molar-refractivity contribution in [1.29, 1.82) is 0 Å². The number of carbonyl (C=O) groups excluding carboxylic acids is 2. The first kappa shape index (κ1) is 33.2. The molecule has 7 rings (SSSR count). The lowest BCUT2D eigenvalue weighted by Crippen LogP contribution is -2.72. The molecule has 3 N–H and O–H groups in total. The van der Waals surface area contributed by atoms with Crippen LogP contribution in [0.25, 0.3) is 0 Å². The molecule has 6 atom stereocenters. The van der Waals surface area contributed by atoms with Crippen LogP contribution in [0, 0.1) is 11.8 Å². The summed E-state index contributed by atoms with van der Waals surface area (Å²) >= 11 is 0. The van der Waals surface area contributed by atoms with Crippen molar-refractivity contribution >= 4 is 17.5 Å². The van der Waals surface area contributed by atoms with Crippen LogP contribution in [-0.4, -0.2) is 55.3 Å². The van der Waals surface area contributed by atoms with Gasteiger partial charge in [0.15, 0.2) is 22.8 Å². The van der Waals surface area contributed by atoms with Crippen molar-refractivity contribution in [3.63, 3.8) is 0 Å². The van der Waals surface area contributed by atoms with Crippen LogP contribution in [0.4, 0.5) is 0 Å². The predicted octanol–water partition coefficient (Wildman–Crippen LogP) is 6.65. The summed E-state index contributed by atoms with van der Waals surface area (Å²) in [6, 6.07) is 0. The van der Waals surface area contributed by atoms with E-state index in [2.05, 4.69) is 6.08 Å². The molecule has 0 unspecified atom stereocenters. The number of hydrogen-bond acceptors (Lipinski definition) is 8. The number of benzene rings is 1. The lowest BCUT2D eigenvalue weighted by atomic mass is 9.51. The maximum absolute atomic E-state index is 14.8. The van der Waals surface area contributed by atoms with Crippen molar-refractivity contribution in [2.24, 2.45) is 11.8 Å². The van der Waals surface area contributed by atoms with Crippen LogP contribution < -0.4 is 9.47 Å². The number of aliphatic hydroxyl groups is 1. The van der Waals surface area contributed by atoms with Crippen molar-refractivity contribution in [3.8, 4) is 17.2 Å². The Bertz CT molecular complexity index is 1720. The smallest absolute Gasteiger partial charge is 0.330 e. The Labute approximate surface area is 276 Å². The van der Waals surface area contributed by atoms with Gasteiger partial charge in [-0.1, -0.05) is 35.5 Å². The standard InChI is InChI=1S/C38H46O9/c1-19(2)10-9-14-36(8)18-25(39)27-30(41)28-29(40)24-16-22-17-26-35(6,7)47-37(33(22)42,15-13-21(5)34(43)44)38(24,26)46-32(28)23(31(27)45-36)12-11-20(3)4/h10-11,13,16,22,25-26,39,41H,9,12,14-15,17-18H2,1-8H3,(H,43,44)/b21-13+/t22-,25-,26+,36+,37+,38+/m0/s1. The second-order valence-corrected chi connectivity index (χ2v) is 15.3. The number of ketones is 2. The fourth-order valence-corrected chi connectivity index (χ4v) is 8.64. The molecule has 9 heteroatoms. The molecule has 1 spiro atoms. The van der Waals surface area contributed by atoms with Crippen LogP contribution in [0.5, 0.6) is 17.2 Å². The maximum Gasteiger partial charge on any atom is 0.330 e. The summed E-state index contributed by atoms with van der Waals surface area (Å²) in [4.78, 5) is 40.9. The minimum Gasteiger partial charge on any atom is -0.506 e. The number of fused-ring (bicyclic) bond motifs is 2. The van der Waals surface area contributed by atoms with Gasteiger partial charge >= 0.3 is 5.97 Å². The molecule has 3 aliphatic heterocycles. The Morgan fingerprint density at radius 2 is 1.68 bits per heavy atom. The van der Waals surface area contributed by atoms with E-state index in [1.54, 1.807) is 6.08 Å². The molecule has 0 radical (unpaired) electrons. The quantitative estimate of drug-likeness (QED) is 0.209. The third-order valence-electron chi connectivity index (χ3n) is 10.9. The van der Waals surface area contributed by atoms with Gasteiger partial charge in [0.2, 0.25) is 0 Å². The van der Waals surface area contributed by atoms with E-state index in [1.807, 2.05) is 54.5 Å². The predicted molar refractivity (Wildman–Crippen MR) is 175 cm³/mol. The first-order chi connectivity index (χ1) is 21.9. The van der Waals surface area contributed by atoms with E-state index >= 15 is 0 Å². The molecule has 252 valence electrons. The average molecular weight is 647 g/mol. The fourth-order valence-electron chi connectivity index (χ4n) is 8.64. The minimum atomic E-state index is -1.67. The molecule has 0 amide bonds. The van der Waals surface area contributed by atoms with E-state index in [0.717, 1.165) is 12.0 Å². The van der Waals surface area contributed by atoms with Gasteiger partial charge in [-0.2, -0.15) is 0 Å². The lowest BCUT2D eigenvalue weighted by molar-refractivity contribution is -0.171. The number of aliphatic hydroxyl groups excluding tert-OH is 1. The maximum atomic E-state index is 14.8. The largest absolute Gasteiger partial charge is 0.506 e. The highest BCUT2D eigenvalue weighted by atomic mass is 16.6. The highest BCUT2D eigenvalue weighted by molar-refractivity contribution is 6.18. The molecule has 0 aromatic heterocycles. The van der Waals surface area contributed by atoms with E-state index in [0.29, 0.717) is 18.4 Å². The summed E-state index contributed by atoms with van der Waals surface area (Å²) in [6.45, 7) is 15.1. The van der Waals surface area contributed by atoms with Crippen LogP contribution >= 0.6 is 0 Å². The molecule has 3 heterocycles. The van der Waals surface area contributed by atoms with Gasteiger partial charge in [-0.3, -0.25) is 9.59 Å². The Balaban J connectivity index is 1.60. The number of phenolic OH excluding ortho intramolecular Hbond substituents is 1. The van der Waals surface area contributed by atoms with Crippen LogP contribution in [0.2, 0.25) is 0 Å². The number of carboxylic acid groups (broad SMARTS) is 1. The molecule has 2 fully saturated rings. The fraction of sp³-hybridized carbons (Fsp3) is 0.553. The normalized spacial score (nSPS) is 32.7. The first-order valence-electron chi connectivity index (χ1n) is 16.5. The Kier molecular flexibility index (Phi) is 7.72. The molecular weight excluding hydrogens is 600 g/mol. The zero-order valence-electron chi connectivity index (χ0n) is 28.6. The van der Waals surface area contributed by atoms with Crippen molar-refractivity contribution in [2.75, 3.05) is 0 Å². The number of allylic oxidation sites excluding steroid dienone is 5. The summed E-state index contributed by atoms with van der Waals surface area (Å²) < 4.78 is 20.6. The van der Waals surface area contributed by atoms with Crippen molar-refractivity contribution < 1.29 is 43.9 Å². The van der Waals surface area contributed by atoms with Crippen LogP contribution in [0.15, 0.2) is 46.6 Å². The number of carbonyl (C=O) groups is 3. The molecular formula is C38H46O9. The molecule has 9 nitrogen and oxygen atoms in total. The number of phenols is 1. The second-order valence-electron chi connectivity index (χ2n) is 15.3. The van der Waals surface area contributed by atoms with Gasteiger partial charge in [0, 0.05) is 41.4 Å². The molecule has 47 heavy (non-hydrogen) atoms. The molecule has 3 aliphatic carbocycles. The van der Waals surface area contributed by atoms with Gasteiger partial charge in [0.25, 0.3) is 0 Å². The third-order valence-corrected chi connectivity index (χ3v) is 10.9. The Hall–Kier alpha value is -3.69. The van der Waals surface area contributed by atoms with Gasteiger partial charge in [0.1, 0.15) is 28.4 Å². The highest BCUT2D eigenvalue weighted by Crippen LogP contribution is 2.69. The number of carboxylic acids is 1. The van der Waals surface area contributed by atoms with Crippen LogP contribution in [-0.2, 0) is 20.7 Å². The summed E-state index contributed by atoms with van der Waals surface area (Å²) in [5.74, 6) is -2.90. The summed E-state index contributed by atoms with van der Waals surface area (Å²) in [5, 5.41) is 33.0. The van der Waals surface area contributed by atoms with Gasteiger partial charge in [0.05, 0.1) is 17.3 Å². The first-order valence-corrected chi connectivity index (χ1v) is 16.5. The van der Waals surface area contributed by atoms with Gasteiger partial charge in [-0.25, -0.2) is 4.79 Å². The third kappa shape index (κ3) is 4.75. The number of rotatable bonds is 8. The highest BCUT2D eigenvalue weighted by Gasteiger charge is 2.81. The van der Waals surface area contributed by atoms with Crippen LogP contribution in [0.1, 0.15) is 115 Å². The summed E-state index contributed by atoms with van der Waals surface area (Å²) in [7, 11) is 0. The van der Waals surface area contributed by atoms with E-state index in [1.165, 1.54) is 18.6 Å². The minimum absolute atomic E-state index is 0.0497. The molecule has 6 aliphatic rings. The zero-order chi connectivity index (χ0) is 34.4. The van der Waals surface area contributed by atoms with Gasteiger partial charge in [-0.15, -0.1) is 0 Å². The number of hydrogen-bond donors (Lipinski definition) is 3.